The van der Waals surface area contributed by atoms with Gasteiger partial charge in [0.1, 0.15) is 22.7 Å². The molecule has 1 amide bonds. The van der Waals surface area contributed by atoms with Gasteiger partial charge in [0, 0.05) is 25.5 Å². The first-order chi connectivity index (χ1) is 16.3. The molecule has 0 aliphatic heterocycles. The van der Waals surface area contributed by atoms with Gasteiger partial charge in [-0.1, -0.05) is 0 Å². The lowest BCUT2D eigenvalue weighted by Crippen LogP contribution is -2.22. The first-order valence-corrected chi connectivity index (χ1v) is 12.1. The van der Waals surface area contributed by atoms with Crippen LogP contribution in [0.3, 0.4) is 0 Å². The number of hydrogen-bond acceptors (Lipinski definition) is 7. The van der Waals surface area contributed by atoms with Crippen LogP contribution in [0.4, 0.5) is 11.5 Å². The molecule has 2 aliphatic rings. The van der Waals surface area contributed by atoms with E-state index in [2.05, 4.69) is 25.8 Å². The highest BCUT2D eigenvalue weighted by molar-refractivity contribution is 6.08. The van der Waals surface area contributed by atoms with Gasteiger partial charge in [0.25, 0.3) is 5.91 Å². The summed E-state index contributed by atoms with van der Waals surface area (Å²) in [6.45, 7) is 4.42. The zero-order valence-corrected chi connectivity index (χ0v) is 19.7. The summed E-state index contributed by atoms with van der Waals surface area (Å²) in [6, 6.07) is 2.03. The van der Waals surface area contributed by atoms with Gasteiger partial charge in [-0.25, -0.2) is 9.50 Å². The number of aromatic nitrogens is 5. The van der Waals surface area contributed by atoms with Gasteiger partial charge in [-0.05, 0) is 70.3 Å². The van der Waals surface area contributed by atoms with E-state index in [-0.39, 0.29) is 18.6 Å². The topological polar surface area (TPSA) is 130 Å². The number of fused-ring (bicyclic) bond motifs is 1. The number of nitrogens with zero attached hydrogens (tertiary/aromatic N) is 5. The van der Waals surface area contributed by atoms with Crippen molar-refractivity contribution >= 4 is 23.1 Å². The molecule has 0 saturated heterocycles. The Kier molecular flexibility index (Phi) is 6.03. The van der Waals surface area contributed by atoms with Gasteiger partial charge in [0.05, 0.1) is 17.9 Å². The van der Waals surface area contributed by atoms with Crippen molar-refractivity contribution in [1.29, 1.82) is 0 Å². The van der Waals surface area contributed by atoms with E-state index in [4.69, 9.17) is 0 Å². The van der Waals surface area contributed by atoms with E-state index in [0.717, 1.165) is 38.0 Å². The Morgan fingerprint density at radius 2 is 1.91 bits per heavy atom. The van der Waals surface area contributed by atoms with Crippen molar-refractivity contribution in [2.45, 2.75) is 64.0 Å². The number of anilines is 2. The van der Waals surface area contributed by atoms with Gasteiger partial charge in [0.2, 0.25) is 0 Å². The summed E-state index contributed by atoms with van der Waals surface area (Å²) in [5.41, 5.74) is 0.492. The molecule has 10 heteroatoms. The molecule has 4 N–H and O–H groups in total. The molecular weight excluding hydrogens is 434 g/mol. The van der Waals surface area contributed by atoms with Crippen molar-refractivity contribution in [3.63, 3.8) is 0 Å². The molecule has 10 nitrogen and oxygen atoms in total. The predicted octanol–water partition coefficient (Wildman–Crippen LogP) is 2.95. The lowest BCUT2D eigenvalue weighted by molar-refractivity contribution is 0.0729. The standard InChI is InChI=1S/C24H33N7O3/c1-24(2,34)21-19(13-31(29-21)17-7-5-16(14-32)6-8-17)27-23(33)18-12-26-30-10-9-20(28-22(18)30)25-11-15-3-4-15/h9-10,12-13,15-17,32,34H,3-8,11,14H2,1-2H3,(H,25,28)(H,27,33). The van der Waals surface area contributed by atoms with Gasteiger partial charge < -0.3 is 20.8 Å². The van der Waals surface area contributed by atoms with Gasteiger partial charge in [-0.3, -0.25) is 9.48 Å². The van der Waals surface area contributed by atoms with Crippen molar-refractivity contribution in [2.24, 2.45) is 11.8 Å². The molecule has 0 bridgehead atoms. The van der Waals surface area contributed by atoms with Crippen LogP contribution in [0.1, 0.15) is 74.5 Å². The lowest BCUT2D eigenvalue weighted by atomic mass is 9.87. The lowest BCUT2D eigenvalue weighted by Gasteiger charge is -2.27. The van der Waals surface area contributed by atoms with E-state index < -0.39 is 5.60 Å². The van der Waals surface area contributed by atoms with Crippen LogP contribution in [0.25, 0.3) is 5.65 Å². The summed E-state index contributed by atoms with van der Waals surface area (Å²) in [7, 11) is 0. The molecule has 3 aromatic heterocycles. The number of aliphatic hydroxyl groups is 2. The maximum atomic E-state index is 13.3. The first kappa shape index (κ1) is 22.8. The molecule has 5 rings (SSSR count). The summed E-state index contributed by atoms with van der Waals surface area (Å²) in [4.78, 5) is 17.9. The average Bonchev–Trinajstić information content (AvgIpc) is 3.39. The number of nitrogens with one attached hydrogen (secondary N) is 2. The van der Waals surface area contributed by atoms with E-state index in [9.17, 15) is 15.0 Å². The van der Waals surface area contributed by atoms with Crippen LogP contribution in [-0.2, 0) is 5.60 Å². The van der Waals surface area contributed by atoms with Crippen molar-refractivity contribution < 1.29 is 15.0 Å². The third-order valence-corrected chi connectivity index (χ3v) is 6.89. The Balaban J connectivity index is 1.37. The van der Waals surface area contributed by atoms with Crippen LogP contribution in [0.2, 0.25) is 0 Å². The van der Waals surface area contributed by atoms with E-state index in [1.54, 1.807) is 30.8 Å². The molecule has 0 spiro atoms. The van der Waals surface area contributed by atoms with Crippen molar-refractivity contribution in [2.75, 3.05) is 23.8 Å². The van der Waals surface area contributed by atoms with E-state index in [1.807, 2.05) is 10.7 Å². The molecule has 3 aromatic rings. The second kappa shape index (κ2) is 8.99. The maximum absolute atomic E-state index is 13.3. The second-order valence-electron chi connectivity index (χ2n) is 10.2. The average molecular weight is 468 g/mol. The Morgan fingerprint density at radius 1 is 1.18 bits per heavy atom. The minimum Gasteiger partial charge on any atom is -0.396 e. The number of carbonyl (C=O) groups is 1. The second-order valence-corrected chi connectivity index (χ2v) is 10.2. The Labute approximate surface area is 198 Å². The quantitative estimate of drug-likeness (QED) is 0.401. The van der Waals surface area contributed by atoms with Crippen molar-refractivity contribution in [1.82, 2.24) is 24.4 Å². The van der Waals surface area contributed by atoms with Crippen LogP contribution in [0, 0.1) is 11.8 Å². The van der Waals surface area contributed by atoms with Crippen LogP contribution in [-0.4, -0.2) is 53.7 Å². The summed E-state index contributed by atoms with van der Waals surface area (Å²) >= 11 is 0. The summed E-state index contributed by atoms with van der Waals surface area (Å²) in [6.07, 6.45) is 11.3. The summed E-state index contributed by atoms with van der Waals surface area (Å²) < 4.78 is 3.43. The Morgan fingerprint density at radius 3 is 2.59 bits per heavy atom. The molecule has 0 unspecified atom stereocenters. The van der Waals surface area contributed by atoms with Crippen LogP contribution in [0.5, 0.6) is 0 Å². The predicted molar refractivity (Wildman–Crippen MR) is 128 cm³/mol. The molecule has 0 aromatic carbocycles. The molecule has 0 atom stereocenters. The SMILES string of the molecule is CC(C)(O)c1nn(C2CCC(CO)CC2)cc1NC(=O)c1cnn2ccc(NCC3CC3)nc12. The van der Waals surface area contributed by atoms with Gasteiger partial charge in [-0.2, -0.15) is 10.2 Å². The molecule has 34 heavy (non-hydrogen) atoms. The Bertz CT molecular complexity index is 1170. The smallest absolute Gasteiger partial charge is 0.261 e. The van der Waals surface area contributed by atoms with Crippen molar-refractivity contribution in [3.8, 4) is 0 Å². The third kappa shape index (κ3) is 4.78. The zero-order chi connectivity index (χ0) is 23.9. The molecule has 0 radical (unpaired) electrons. The minimum absolute atomic E-state index is 0.174. The van der Waals surface area contributed by atoms with E-state index in [1.165, 1.54) is 19.0 Å². The number of aliphatic hydroxyl groups excluding tert-OH is 1. The summed E-state index contributed by atoms with van der Waals surface area (Å²) in [5.74, 6) is 1.42. The monoisotopic (exact) mass is 467 g/mol. The first-order valence-electron chi connectivity index (χ1n) is 12.1. The minimum atomic E-state index is -1.23. The van der Waals surface area contributed by atoms with Crippen LogP contribution in [0.15, 0.2) is 24.7 Å². The molecule has 3 heterocycles. The molecule has 182 valence electrons. The maximum Gasteiger partial charge on any atom is 0.261 e. The normalized spacial score (nSPS) is 21.1. The number of rotatable bonds is 8. The van der Waals surface area contributed by atoms with Gasteiger partial charge >= 0.3 is 0 Å². The van der Waals surface area contributed by atoms with E-state index in [0.29, 0.717) is 34.4 Å². The third-order valence-electron chi connectivity index (χ3n) is 6.89. The fourth-order valence-corrected chi connectivity index (χ4v) is 4.60. The van der Waals surface area contributed by atoms with E-state index >= 15 is 0 Å². The molecular formula is C24H33N7O3. The highest BCUT2D eigenvalue weighted by Crippen LogP contribution is 2.35. The zero-order valence-electron chi connectivity index (χ0n) is 19.7. The fraction of sp³-hybridized carbons (Fsp3) is 0.583. The fourth-order valence-electron chi connectivity index (χ4n) is 4.60. The highest BCUT2D eigenvalue weighted by atomic mass is 16.3. The number of carbonyl (C=O) groups excluding carboxylic acids is 1. The van der Waals surface area contributed by atoms with Crippen LogP contribution >= 0.6 is 0 Å². The molecule has 2 fully saturated rings. The number of hydrogen-bond donors (Lipinski definition) is 4. The number of amides is 1. The van der Waals surface area contributed by atoms with Crippen molar-refractivity contribution in [3.05, 3.63) is 35.9 Å². The van der Waals surface area contributed by atoms with Gasteiger partial charge in [0.15, 0.2) is 5.65 Å². The Hall–Kier alpha value is -2.98. The largest absolute Gasteiger partial charge is 0.396 e. The summed E-state index contributed by atoms with van der Waals surface area (Å²) in [5, 5.41) is 35.3. The molecule has 2 aliphatic carbocycles. The highest BCUT2D eigenvalue weighted by Gasteiger charge is 2.30. The van der Waals surface area contributed by atoms with Gasteiger partial charge in [-0.15, -0.1) is 0 Å². The van der Waals surface area contributed by atoms with Crippen LogP contribution < -0.4 is 10.6 Å². The molecule has 2 saturated carbocycles.